The van der Waals surface area contributed by atoms with Gasteiger partial charge in [0.05, 0.1) is 34.4 Å². The number of sulfone groups is 1. The summed E-state index contributed by atoms with van der Waals surface area (Å²) in [7, 11) is -13.9. The molecule has 1 aliphatic rings. The number of nitrogens with one attached hydrogen (secondary N) is 1. The SMILES string of the molecule is C=CS(=O)(=O)c1ccc(N=Nc2c(S(=O)(=O)O)cc3cc(S(=O)(=O)O)cc(Nc4nc(F)nc(N5CCOCC5)n4)c3c2O)cc1. The molecule has 0 saturated carbocycles. The Morgan fingerprint density at radius 3 is 2.20 bits per heavy atom. The van der Waals surface area contributed by atoms with E-state index in [9.17, 15) is 43.9 Å². The zero-order chi connectivity index (χ0) is 33.4. The van der Waals surface area contributed by atoms with E-state index >= 15 is 0 Å². The number of aromatic nitrogens is 3. The van der Waals surface area contributed by atoms with Gasteiger partial charge in [-0.2, -0.15) is 41.3 Å². The Labute approximate surface area is 260 Å². The summed E-state index contributed by atoms with van der Waals surface area (Å²) in [6.45, 7) is 4.51. The molecular weight excluding hydrogens is 674 g/mol. The molecule has 242 valence electrons. The molecule has 3 aromatic carbocycles. The van der Waals surface area contributed by atoms with Gasteiger partial charge in [-0.1, -0.05) is 6.58 Å². The summed E-state index contributed by atoms with van der Waals surface area (Å²) in [4.78, 5) is 11.1. The number of morpholine rings is 1. The monoisotopic (exact) mass is 695 g/mol. The number of anilines is 3. The second-order valence-electron chi connectivity index (χ2n) is 9.45. The van der Waals surface area contributed by atoms with Crippen molar-refractivity contribution in [2.45, 2.75) is 14.7 Å². The fourth-order valence-corrected chi connectivity index (χ4v) is 6.24. The third-order valence-corrected chi connectivity index (χ3v) is 9.55. The van der Waals surface area contributed by atoms with E-state index in [-0.39, 0.29) is 33.0 Å². The van der Waals surface area contributed by atoms with E-state index in [1.807, 2.05) is 0 Å². The molecule has 0 spiro atoms. The van der Waals surface area contributed by atoms with E-state index < -0.39 is 63.3 Å². The normalized spacial score (nSPS) is 14.5. The summed E-state index contributed by atoms with van der Waals surface area (Å²) in [5.41, 5.74) is -1.17. The van der Waals surface area contributed by atoms with E-state index in [0.29, 0.717) is 26.3 Å². The van der Waals surface area contributed by atoms with Crippen LogP contribution < -0.4 is 10.2 Å². The summed E-state index contributed by atoms with van der Waals surface area (Å²) >= 11 is 0. The predicted octanol–water partition coefficient (Wildman–Crippen LogP) is 3.28. The third kappa shape index (κ3) is 6.93. The molecular formula is C25H22FN7O10S3. The highest BCUT2D eigenvalue weighted by Crippen LogP contribution is 2.45. The number of phenols is 1. The number of fused-ring (bicyclic) bond motifs is 1. The van der Waals surface area contributed by atoms with Crippen LogP contribution in [0.5, 0.6) is 5.75 Å². The number of halogens is 1. The zero-order valence-corrected chi connectivity index (χ0v) is 25.6. The standard InChI is InChI=1S/C25H22FN7O10S3/c1-2-44(35,36)16-5-3-15(4-6-16)31-32-21-19(46(40,41)42)12-14-11-17(45(37,38)39)13-18(20(14)22(21)34)27-24-28-23(26)29-25(30-24)33-7-9-43-10-8-33/h2-6,11-13,34H,1,7-10H2,(H,37,38,39)(H,40,41,42)(H,27,28,29,30). The molecule has 4 N–H and O–H groups in total. The Morgan fingerprint density at radius 2 is 1.59 bits per heavy atom. The molecule has 0 amide bonds. The summed E-state index contributed by atoms with van der Waals surface area (Å²) in [5, 5.41) is 21.5. The second-order valence-corrected chi connectivity index (χ2v) is 14.2. The lowest BCUT2D eigenvalue weighted by molar-refractivity contribution is 0.122. The molecule has 1 aliphatic heterocycles. The highest BCUT2D eigenvalue weighted by molar-refractivity contribution is 7.94. The fourth-order valence-electron chi connectivity index (χ4n) is 4.33. The van der Waals surface area contributed by atoms with Gasteiger partial charge in [0.25, 0.3) is 20.2 Å². The first-order chi connectivity index (χ1) is 21.6. The number of phenolic OH excluding ortho intramolecular Hbond substituents is 1. The van der Waals surface area contributed by atoms with E-state index in [1.54, 1.807) is 4.90 Å². The first kappa shape index (κ1) is 32.7. The van der Waals surface area contributed by atoms with Crippen LogP contribution in [0.25, 0.3) is 10.8 Å². The van der Waals surface area contributed by atoms with Crippen molar-refractivity contribution in [3.8, 4) is 5.75 Å². The smallest absolute Gasteiger partial charge is 0.315 e. The summed E-state index contributed by atoms with van der Waals surface area (Å²) in [6, 6.07) is 7.18. The van der Waals surface area contributed by atoms with Crippen molar-refractivity contribution in [1.29, 1.82) is 0 Å². The summed E-state index contributed by atoms with van der Waals surface area (Å²) in [6.07, 6.45) is -1.21. The number of aromatic hydroxyl groups is 1. The van der Waals surface area contributed by atoms with Gasteiger partial charge in [-0.3, -0.25) is 9.11 Å². The van der Waals surface area contributed by atoms with Gasteiger partial charge in [0.2, 0.25) is 11.9 Å². The fraction of sp³-hybridized carbons (Fsp3) is 0.160. The average molecular weight is 696 g/mol. The quantitative estimate of drug-likeness (QED) is 0.145. The van der Waals surface area contributed by atoms with Crippen LogP contribution in [0.4, 0.5) is 33.3 Å². The number of hydrogen-bond acceptors (Lipinski definition) is 15. The van der Waals surface area contributed by atoms with Crippen LogP contribution in [0.15, 0.2) is 79.4 Å². The molecule has 2 heterocycles. The molecule has 0 aliphatic carbocycles. The van der Waals surface area contributed by atoms with Crippen molar-refractivity contribution in [3.05, 3.63) is 60.5 Å². The summed E-state index contributed by atoms with van der Waals surface area (Å²) < 4.78 is 112. The Hall–Kier alpha value is -4.67. The molecule has 1 fully saturated rings. The Kier molecular flexibility index (Phi) is 8.72. The van der Waals surface area contributed by atoms with Gasteiger partial charge in [0, 0.05) is 23.9 Å². The van der Waals surface area contributed by atoms with Gasteiger partial charge in [-0.05, 0) is 47.9 Å². The first-order valence-electron chi connectivity index (χ1n) is 12.8. The average Bonchev–Trinajstić information content (AvgIpc) is 2.99. The topological polar surface area (TPSA) is 251 Å². The molecule has 17 nitrogen and oxygen atoms in total. The van der Waals surface area contributed by atoms with E-state index in [4.69, 9.17) is 4.74 Å². The number of nitrogens with zero attached hydrogens (tertiary/aromatic N) is 6. The lowest BCUT2D eigenvalue weighted by Gasteiger charge is -2.26. The van der Waals surface area contributed by atoms with Crippen LogP contribution in [0, 0.1) is 6.08 Å². The third-order valence-electron chi connectivity index (χ3n) is 6.49. The van der Waals surface area contributed by atoms with Crippen molar-refractivity contribution >= 4 is 69.8 Å². The second kappa shape index (κ2) is 12.3. The van der Waals surface area contributed by atoms with Crippen LogP contribution in [-0.2, 0) is 34.8 Å². The van der Waals surface area contributed by atoms with Crippen molar-refractivity contribution < 1.29 is 48.6 Å². The van der Waals surface area contributed by atoms with Crippen molar-refractivity contribution in [2.75, 3.05) is 36.5 Å². The van der Waals surface area contributed by atoms with Crippen LogP contribution in [0.3, 0.4) is 0 Å². The molecule has 1 saturated heterocycles. The van der Waals surface area contributed by atoms with E-state index in [2.05, 4.69) is 37.1 Å². The lowest BCUT2D eigenvalue weighted by Crippen LogP contribution is -2.37. The van der Waals surface area contributed by atoms with Crippen molar-refractivity contribution in [1.82, 2.24) is 15.0 Å². The molecule has 4 aromatic rings. The maximum absolute atomic E-state index is 14.5. The van der Waals surface area contributed by atoms with Gasteiger partial charge in [0.15, 0.2) is 15.6 Å². The van der Waals surface area contributed by atoms with Crippen LogP contribution >= 0.6 is 0 Å². The van der Waals surface area contributed by atoms with Gasteiger partial charge >= 0.3 is 6.08 Å². The molecule has 46 heavy (non-hydrogen) atoms. The van der Waals surface area contributed by atoms with Gasteiger partial charge in [0.1, 0.15) is 10.6 Å². The molecule has 21 heteroatoms. The molecule has 5 rings (SSSR count). The van der Waals surface area contributed by atoms with Crippen molar-refractivity contribution in [2.24, 2.45) is 10.2 Å². The maximum atomic E-state index is 14.5. The highest BCUT2D eigenvalue weighted by atomic mass is 32.2. The van der Waals surface area contributed by atoms with Crippen molar-refractivity contribution in [3.63, 3.8) is 0 Å². The van der Waals surface area contributed by atoms with E-state index in [0.717, 1.165) is 23.6 Å². The predicted molar refractivity (Wildman–Crippen MR) is 159 cm³/mol. The Bertz CT molecular complexity index is 2230. The Balaban J connectivity index is 1.68. The highest BCUT2D eigenvalue weighted by Gasteiger charge is 2.26. The minimum Gasteiger partial charge on any atom is -0.505 e. The van der Waals surface area contributed by atoms with Crippen LogP contribution in [0.1, 0.15) is 0 Å². The number of ether oxygens (including phenoxy) is 1. The largest absolute Gasteiger partial charge is 0.505 e. The van der Waals surface area contributed by atoms with Crippen LogP contribution in [-0.4, -0.2) is 80.7 Å². The van der Waals surface area contributed by atoms with Gasteiger partial charge in [-0.25, -0.2) is 8.42 Å². The number of hydrogen-bond donors (Lipinski definition) is 4. The van der Waals surface area contributed by atoms with E-state index in [1.165, 1.54) is 24.3 Å². The number of azo groups is 1. The number of rotatable bonds is 9. The minimum absolute atomic E-state index is 0.000158. The number of benzene rings is 3. The molecule has 0 unspecified atom stereocenters. The Morgan fingerprint density at radius 1 is 0.913 bits per heavy atom. The zero-order valence-electron chi connectivity index (χ0n) is 23.1. The van der Waals surface area contributed by atoms with Gasteiger partial charge in [-0.15, -0.1) is 5.11 Å². The van der Waals surface area contributed by atoms with Crippen LogP contribution in [0.2, 0.25) is 0 Å². The molecule has 1 aromatic heterocycles. The summed E-state index contributed by atoms with van der Waals surface area (Å²) in [5.74, 6) is -1.50. The molecule has 0 atom stereocenters. The lowest BCUT2D eigenvalue weighted by atomic mass is 10.1. The maximum Gasteiger partial charge on any atom is 0.315 e. The first-order valence-corrected chi connectivity index (χ1v) is 17.2. The molecule has 0 radical (unpaired) electrons. The van der Waals surface area contributed by atoms with Gasteiger partial charge < -0.3 is 20.1 Å². The minimum atomic E-state index is -5.16. The molecule has 0 bridgehead atoms.